The van der Waals surface area contributed by atoms with Gasteiger partial charge in [0.05, 0.1) is 11.4 Å². The second-order valence-electron chi connectivity index (χ2n) is 2.36. The van der Waals surface area contributed by atoms with Crippen molar-refractivity contribution in [1.29, 1.82) is 0 Å². The maximum absolute atomic E-state index is 13.0. The lowest BCUT2D eigenvalue weighted by atomic mass is 10.1. The Morgan fingerprint density at radius 2 is 1.85 bits per heavy atom. The second kappa shape index (κ2) is 3.96. The van der Waals surface area contributed by atoms with Crippen LogP contribution < -0.4 is 0 Å². The third-order valence-electron chi connectivity index (χ3n) is 1.58. The Morgan fingerprint density at radius 1 is 1.23 bits per heavy atom. The van der Waals surface area contributed by atoms with Crippen molar-refractivity contribution in [2.75, 3.05) is 0 Å². The van der Waals surface area contributed by atoms with Crippen molar-refractivity contribution >= 4 is 11.6 Å². The van der Waals surface area contributed by atoms with Crippen molar-refractivity contribution < 1.29 is 17.6 Å². The Hall–Kier alpha value is -0.770. The van der Waals surface area contributed by atoms with Gasteiger partial charge in [-0.15, -0.1) is 11.6 Å². The highest BCUT2D eigenvalue weighted by Crippen LogP contribution is 2.26. The number of alkyl halides is 3. The molecule has 13 heavy (non-hydrogen) atoms. The third kappa shape index (κ3) is 1.94. The van der Waals surface area contributed by atoms with E-state index in [9.17, 15) is 17.6 Å². The molecule has 0 atom stereocenters. The van der Waals surface area contributed by atoms with Crippen molar-refractivity contribution in [3.63, 3.8) is 0 Å². The summed E-state index contributed by atoms with van der Waals surface area (Å²) in [6, 6.07) is 1.49. The Balaban J connectivity index is 3.27. The highest BCUT2D eigenvalue weighted by Gasteiger charge is 2.18. The molecule has 0 aliphatic rings. The first-order valence-corrected chi connectivity index (χ1v) is 3.92. The molecule has 1 aromatic rings. The summed E-state index contributed by atoms with van der Waals surface area (Å²) < 4.78 is 49.8. The summed E-state index contributed by atoms with van der Waals surface area (Å²) in [6.07, 6.45) is -2.96. The van der Waals surface area contributed by atoms with Gasteiger partial charge in [0.2, 0.25) is 0 Å². The topological polar surface area (TPSA) is 0 Å². The zero-order valence-corrected chi connectivity index (χ0v) is 7.08. The van der Waals surface area contributed by atoms with Crippen LogP contribution in [0.2, 0.25) is 0 Å². The lowest BCUT2D eigenvalue weighted by Gasteiger charge is -2.05. The summed E-state index contributed by atoms with van der Waals surface area (Å²) in [7, 11) is 0. The van der Waals surface area contributed by atoms with E-state index in [0.29, 0.717) is 6.07 Å². The largest absolute Gasteiger partial charge is 0.266 e. The van der Waals surface area contributed by atoms with Gasteiger partial charge < -0.3 is 0 Å². The monoisotopic (exact) mass is 212 g/mol. The average molecular weight is 213 g/mol. The fourth-order valence-electron chi connectivity index (χ4n) is 0.907. The Kier molecular flexibility index (Phi) is 3.14. The molecule has 1 rings (SSSR count). The molecule has 0 nitrogen and oxygen atoms in total. The van der Waals surface area contributed by atoms with Gasteiger partial charge in [0.25, 0.3) is 6.43 Å². The number of rotatable bonds is 2. The lowest BCUT2D eigenvalue weighted by molar-refractivity contribution is 0.146. The Bertz CT molecular complexity index is 311. The molecule has 0 radical (unpaired) electrons. The van der Waals surface area contributed by atoms with Gasteiger partial charge in [-0.2, -0.15) is 0 Å². The van der Waals surface area contributed by atoms with E-state index < -0.39 is 35.1 Å². The van der Waals surface area contributed by atoms with Crippen molar-refractivity contribution in [3.05, 3.63) is 34.9 Å². The van der Waals surface area contributed by atoms with Gasteiger partial charge in [-0.3, -0.25) is 0 Å². The highest BCUT2D eigenvalue weighted by atomic mass is 35.5. The fourth-order valence-corrected chi connectivity index (χ4v) is 1.15. The van der Waals surface area contributed by atoms with Crippen LogP contribution in [0.5, 0.6) is 0 Å². The maximum Gasteiger partial charge on any atom is 0.266 e. The normalized spacial score (nSPS) is 10.9. The number of hydrogen-bond acceptors (Lipinski definition) is 0. The molecule has 0 unspecified atom stereocenters. The molecular weight excluding hydrogens is 208 g/mol. The first-order chi connectivity index (χ1) is 6.07. The number of benzene rings is 1. The molecule has 0 N–H and O–H groups in total. The molecule has 0 amide bonds. The lowest BCUT2D eigenvalue weighted by Crippen LogP contribution is -1.98. The molecule has 0 heterocycles. The van der Waals surface area contributed by atoms with Gasteiger partial charge in [0, 0.05) is 5.56 Å². The van der Waals surface area contributed by atoms with Crippen LogP contribution in [0.1, 0.15) is 17.6 Å². The van der Waals surface area contributed by atoms with Crippen LogP contribution in [0.25, 0.3) is 0 Å². The molecule has 72 valence electrons. The molecular formula is C8H5ClF4. The van der Waals surface area contributed by atoms with E-state index in [1.165, 1.54) is 0 Å². The van der Waals surface area contributed by atoms with Gasteiger partial charge in [0.15, 0.2) is 0 Å². The van der Waals surface area contributed by atoms with E-state index in [-0.39, 0.29) is 0 Å². The summed E-state index contributed by atoms with van der Waals surface area (Å²) in [6.45, 7) is 0. The summed E-state index contributed by atoms with van der Waals surface area (Å²) in [5, 5.41) is 0. The van der Waals surface area contributed by atoms with Crippen LogP contribution in [0.4, 0.5) is 17.6 Å². The predicted octanol–water partition coefficient (Wildman–Crippen LogP) is 3.64. The van der Waals surface area contributed by atoms with Gasteiger partial charge in [-0.1, -0.05) is 0 Å². The zero-order chi connectivity index (χ0) is 10.0. The van der Waals surface area contributed by atoms with Crippen LogP contribution in [0.3, 0.4) is 0 Å². The van der Waals surface area contributed by atoms with Gasteiger partial charge in [-0.25, -0.2) is 17.6 Å². The molecule has 0 saturated heterocycles. The van der Waals surface area contributed by atoms with E-state index in [1.807, 2.05) is 0 Å². The minimum absolute atomic E-state index is 0.460. The Morgan fingerprint density at radius 3 is 2.31 bits per heavy atom. The van der Waals surface area contributed by atoms with Crippen LogP contribution in [0, 0.1) is 11.6 Å². The Labute approximate surface area is 77.1 Å². The van der Waals surface area contributed by atoms with Crippen molar-refractivity contribution in [3.8, 4) is 0 Å². The average Bonchev–Trinajstić information content (AvgIpc) is 2.04. The molecule has 0 aromatic heterocycles. The molecule has 1 aromatic carbocycles. The van der Waals surface area contributed by atoms with E-state index >= 15 is 0 Å². The van der Waals surface area contributed by atoms with Gasteiger partial charge in [-0.05, 0) is 12.1 Å². The van der Waals surface area contributed by atoms with Crippen LogP contribution in [-0.4, -0.2) is 0 Å². The van der Waals surface area contributed by atoms with Crippen LogP contribution >= 0.6 is 11.6 Å². The first-order valence-electron chi connectivity index (χ1n) is 3.38. The van der Waals surface area contributed by atoms with E-state index in [1.54, 1.807) is 0 Å². The molecule has 0 spiro atoms. The standard InChI is InChI=1S/C8H5ClF4/c9-3-5-6(10)2-1-4(7(5)11)8(12)13/h1-2,8H,3H2. The summed E-state index contributed by atoms with van der Waals surface area (Å²) in [5.41, 5.74) is -1.34. The zero-order valence-electron chi connectivity index (χ0n) is 6.33. The minimum atomic E-state index is -2.96. The van der Waals surface area contributed by atoms with E-state index in [0.717, 1.165) is 6.07 Å². The number of hydrogen-bond donors (Lipinski definition) is 0. The summed E-state index contributed by atoms with van der Waals surface area (Å²) >= 11 is 5.19. The molecule has 5 heteroatoms. The van der Waals surface area contributed by atoms with Crippen molar-refractivity contribution in [2.45, 2.75) is 12.3 Å². The molecule has 0 saturated carbocycles. The smallest absolute Gasteiger partial charge is 0.207 e. The first kappa shape index (κ1) is 10.3. The fraction of sp³-hybridized carbons (Fsp3) is 0.250. The summed E-state index contributed by atoms with van der Waals surface area (Å²) in [5.74, 6) is -2.62. The highest BCUT2D eigenvalue weighted by molar-refractivity contribution is 6.17. The molecule has 0 aliphatic carbocycles. The van der Waals surface area contributed by atoms with Crippen molar-refractivity contribution in [1.82, 2.24) is 0 Å². The maximum atomic E-state index is 13.0. The van der Waals surface area contributed by atoms with E-state index in [2.05, 4.69) is 0 Å². The van der Waals surface area contributed by atoms with Gasteiger partial charge >= 0.3 is 0 Å². The number of halogens is 5. The summed E-state index contributed by atoms with van der Waals surface area (Å²) in [4.78, 5) is 0. The second-order valence-corrected chi connectivity index (χ2v) is 2.63. The third-order valence-corrected chi connectivity index (χ3v) is 1.85. The van der Waals surface area contributed by atoms with Gasteiger partial charge in [0.1, 0.15) is 11.6 Å². The van der Waals surface area contributed by atoms with Crippen LogP contribution in [0.15, 0.2) is 12.1 Å². The molecule has 0 fully saturated rings. The quantitative estimate of drug-likeness (QED) is 0.519. The minimum Gasteiger partial charge on any atom is -0.207 e. The van der Waals surface area contributed by atoms with Crippen molar-refractivity contribution in [2.24, 2.45) is 0 Å². The predicted molar refractivity (Wildman–Crippen MR) is 40.9 cm³/mol. The van der Waals surface area contributed by atoms with Crippen LogP contribution in [-0.2, 0) is 5.88 Å². The SMILES string of the molecule is Fc1ccc(C(F)F)c(F)c1CCl. The molecule has 0 bridgehead atoms. The molecule has 0 aliphatic heterocycles. The van der Waals surface area contributed by atoms with E-state index in [4.69, 9.17) is 11.6 Å².